The number of aryl methyl sites for hydroxylation is 1. The molecular formula is C31H49FN2O. The first-order valence-electron chi connectivity index (χ1n) is 14.3. The average molecular weight is 485 g/mol. The van der Waals surface area contributed by atoms with Gasteiger partial charge in [0.05, 0.1) is 0 Å². The van der Waals surface area contributed by atoms with E-state index in [0.717, 1.165) is 30.7 Å². The van der Waals surface area contributed by atoms with Crippen LogP contribution in [0.2, 0.25) is 0 Å². The molecule has 2 atom stereocenters. The topological polar surface area (TPSA) is 35.0 Å². The van der Waals surface area contributed by atoms with Gasteiger partial charge < -0.3 is 4.74 Å². The van der Waals surface area contributed by atoms with Gasteiger partial charge in [0, 0.05) is 18.0 Å². The number of hydrogen-bond donors (Lipinski definition) is 0. The van der Waals surface area contributed by atoms with Crippen LogP contribution in [0.1, 0.15) is 116 Å². The van der Waals surface area contributed by atoms with E-state index in [-0.39, 0.29) is 6.61 Å². The highest BCUT2D eigenvalue weighted by Crippen LogP contribution is 2.21. The second-order valence-electron chi connectivity index (χ2n) is 10.3. The molecule has 196 valence electrons. The Balaban J connectivity index is 1.63. The molecule has 0 aliphatic rings. The van der Waals surface area contributed by atoms with Crippen molar-refractivity contribution in [3.05, 3.63) is 42.2 Å². The van der Waals surface area contributed by atoms with E-state index in [9.17, 15) is 4.39 Å². The van der Waals surface area contributed by atoms with Crippen LogP contribution in [0.15, 0.2) is 36.7 Å². The number of benzene rings is 1. The molecule has 4 heteroatoms. The van der Waals surface area contributed by atoms with Crippen LogP contribution in [0, 0.1) is 5.92 Å². The molecule has 1 aromatic heterocycles. The standard InChI is InChI=1S/C31H49FN2O/c1-4-6-7-8-9-10-11-12-13-17-27-23-33-31(34-24-27)28-19-21-30(22-20-28)35-25-29(32)18-14-16-26(3)15-5-2/h19-24,26,29H,4-18,25H2,1-3H3. The molecule has 2 unspecified atom stereocenters. The summed E-state index contributed by atoms with van der Waals surface area (Å²) in [6.45, 7) is 6.84. The first-order valence-corrected chi connectivity index (χ1v) is 14.3. The van der Waals surface area contributed by atoms with Crippen LogP contribution in [0.25, 0.3) is 11.4 Å². The Morgan fingerprint density at radius 3 is 2.00 bits per heavy atom. The smallest absolute Gasteiger partial charge is 0.159 e. The quantitative estimate of drug-likeness (QED) is 0.175. The minimum atomic E-state index is -0.912. The number of rotatable bonds is 20. The summed E-state index contributed by atoms with van der Waals surface area (Å²) in [6, 6.07) is 7.66. The molecule has 0 bridgehead atoms. The largest absolute Gasteiger partial charge is 0.491 e. The van der Waals surface area contributed by atoms with Gasteiger partial charge in [-0.1, -0.05) is 97.8 Å². The van der Waals surface area contributed by atoms with Gasteiger partial charge in [-0.05, 0) is 55.0 Å². The van der Waals surface area contributed by atoms with Gasteiger partial charge >= 0.3 is 0 Å². The molecule has 0 spiro atoms. The highest BCUT2D eigenvalue weighted by atomic mass is 19.1. The zero-order valence-electron chi connectivity index (χ0n) is 22.6. The normalized spacial score (nSPS) is 13.0. The van der Waals surface area contributed by atoms with Gasteiger partial charge in [-0.25, -0.2) is 14.4 Å². The fourth-order valence-electron chi connectivity index (χ4n) is 4.57. The summed E-state index contributed by atoms with van der Waals surface area (Å²) in [6.07, 6.45) is 21.1. The molecule has 0 saturated heterocycles. The molecule has 0 amide bonds. The lowest BCUT2D eigenvalue weighted by molar-refractivity contribution is 0.182. The molecule has 1 heterocycles. The van der Waals surface area contributed by atoms with E-state index in [1.54, 1.807) is 0 Å². The first-order chi connectivity index (χ1) is 17.1. The first kappa shape index (κ1) is 29.3. The third kappa shape index (κ3) is 13.1. The van der Waals surface area contributed by atoms with Crippen LogP contribution < -0.4 is 4.74 Å². The van der Waals surface area contributed by atoms with E-state index in [0.29, 0.717) is 18.1 Å². The van der Waals surface area contributed by atoms with Gasteiger partial charge in [-0.3, -0.25) is 0 Å². The van der Waals surface area contributed by atoms with Crippen LogP contribution in [0.4, 0.5) is 4.39 Å². The maximum absolute atomic E-state index is 14.2. The van der Waals surface area contributed by atoms with Crippen LogP contribution >= 0.6 is 0 Å². The van der Waals surface area contributed by atoms with E-state index < -0.39 is 6.17 Å². The number of halogens is 1. The summed E-state index contributed by atoms with van der Waals surface area (Å²) in [7, 11) is 0. The van der Waals surface area contributed by atoms with Gasteiger partial charge in [0.1, 0.15) is 18.5 Å². The molecule has 0 fully saturated rings. The lowest BCUT2D eigenvalue weighted by Gasteiger charge is -2.13. The monoisotopic (exact) mass is 484 g/mol. The zero-order valence-corrected chi connectivity index (χ0v) is 22.6. The van der Waals surface area contributed by atoms with Crippen molar-refractivity contribution in [3.8, 4) is 17.1 Å². The van der Waals surface area contributed by atoms with Gasteiger partial charge in [-0.15, -0.1) is 0 Å². The molecule has 3 nitrogen and oxygen atoms in total. The van der Waals surface area contributed by atoms with Crippen molar-refractivity contribution >= 4 is 0 Å². The molecule has 1 aromatic carbocycles. The van der Waals surface area contributed by atoms with E-state index in [2.05, 4.69) is 30.7 Å². The Morgan fingerprint density at radius 2 is 1.37 bits per heavy atom. The van der Waals surface area contributed by atoms with Crippen molar-refractivity contribution in [2.24, 2.45) is 5.92 Å². The van der Waals surface area contributed by atoms with Crippen molar-refractivity contribution in [2.45, 2.75) is 123 Å². The van der Waals surface area contributed by atoms with Gasteiger partial charge in [0.2, 0.25) is 0 Å². The molecule has 0 radical (unpaired) electrons. The van der Waals surface area contributed by atoms with E-state index in [1.807, 2.05) is 36.7 Å². The lowest BCUT2D eigenvalue weighted by Crippen LogP contribution is -2.13. The Bertz CT molecular complexity index is 763. The van der Waals surface area contributed by atoms with E-state index in [1.165, 1.54) is 76.2 Å². The molecule has 2 rings (SSSR count). The summed E-state index contributed by atoms with van der Waals surface area (Å²) in [4.78, 5) is 9.12. The number of aromatic nitrogens is 2. The molecule has 2 aromatic rings. The Labute approximate surface area is 214 Å². The number of hydrogen-bond acceptors (Lipinski definition) is 3. The van der Waals surface area contributed by atoms with Crippen molar-refractivity contribution in [1.29, 1.82) is 0 Å². The second kappa shape index (κ2) is 18.3. The summed E-state index contributed by atoms with van der Waals surface area (Å²) in [5.41, 5.74) is 2.16. The minimum Gasteiger partial charge on any atom is -0.491 e. The maximum atomic E-state index is 14.2. The minimum absolute atomic E-state index is 0.117. The second-order valence-corrected chi connectivity index (χ2v) is 10.3. The lowest BCUT2D eigenvalue weighted by atomic mass is 9.98. The fraction of sp³-hybridized carbons (Fsp3) is 0.677. The van der Waals surface area contributed by atoms with E-state index in [4.69, 9.17) is 4.74 Å². The van der Waals surface area contributed by atoms with E-state index >= 15 is 0 Å². The Kier molecular flexibility index (Phi) is 15.3. The van der Waals surface area contributed by atoms with Crippen molar-refractivity contribution < 1.29 is 9.13 Å². The Hall–Kier alpha value is -1.97. The molecule has 0 N–H and O–H groups in total. The van der Waals surface area contributed by atoms with Crippen molar-refractivity contribution in [1.82, 2.24) is 9.97 Å². The third-order valence-corrected chi connectivity index (χ3v) is 6.81. The van der Waals surface area contributed by atoms with Gasteiger partial charge in [0.25, 0.3) is 0 Å². The summed E-state index contributed by atoms with van der Waals surface area (Å²) >= 11 is 0. The number of nitrogens with zero attached hydrogens (tertiary/aromatic N) is 2. The molecular weight excluding hydrogens is 435 g/mol. The molecule has 35 heavy (non-hydrogen) atoms. The highest BCUT2D eigenvalue weighted by molar-refractivity contribution is 5.55. The van der Waals surface area contributed by atoms with Crippen molar-refractivity contribution in [2.75, 3.05) is 6.61 Å². The van der Waals surface area contributed by atoms with Gasteiger partial charge in [-0.2, -0.15) is 0 Å². The third-order valence-electron chi connectivity index (χ3n) is 6.81. The predicted octanol–water partition coefficient (Wildman–Crippen LogP) is 9.54. The summed E-state index contributed by atoms with van der Waals surface area (Å²) < 4.78 is 19.8. The summed E-state index contributed by atoms with van der Waals surface area (Å²) in [5, 5.41) is 0. The maximum Gasteiger partial charge on any atom is 0.159 e. The number of ether oxygens (including phenoxy) is 1. The predicted molar refractivity (Wildman–Crippen MR) is 147 cm³/mol. The van der Waals surface area contributed by atoms with Crippen LogP contribution in [-0.2, 0) is 6.42 Å². The highest BCUT2D eigenvalue weighted by Gasteiger charge is 2.10. The van der Waals surface area contributed by atoms with Crippen LogP contribution in [-0.4, -0.2) is 22.7 Å². The van der Waals surface area contributed by atoms with Gasteiger partial charge in [0.15, 0.2) is 5.82 Å². The zero-order chi connectivity index (χ0) is 25.1. The fourth-order valence-corrected chi connectivity index (χ4v) is 4.57. The molecule has 0 aliphatic heterocycles. The van der Waals surface area contributed by atoms with Crippen LogP contribution in [0.3, 0.4) is 0 Å². The molecule has 0 saturated carbocycles. The SMILES string of the molecule is CCCCCCCCCCCc1cnc(-c2ccc(OCC(F)CCCC(C)CCC)cc2)nc1. The molecule has 0 aliphatic carbocycles. The van der Waals surface area contributed by atoms with Crippen molar-refractivity contribution in [3.63, 3.8) is 0 Å². The number of alkyl halides is 1. The van der Waals surface area contributed by atoms with Crippen LogP contribution in [0.5, 0.6) is 5.75 Å². The average Bonchev–Trinajstić information content (AvgIpc) is 2.87. The number of unbranched alkanes of at least 4 members (excludes halogenated alkanes) is 8. The summed E-state index contributed by atoms with van der Waals surface area (Å²) in [5.74, 6) is 2.10. The Morgan fingerprint density at radius 1 is 0.743 bits per heavy atom.